The summed E-state index contributed by atoms with van der Waals surface area (Å²) in [4.78, 5) is 41.9. The highest BCUT2D eigenvalue weighted by atomic mass is 16.6. The lowest BCUT2D eigenvalue weighted by atomic mass is 9.92. The van der Waals surface area contributed by atoms with Gasteiger partial charge in [0.05, 0.1) is 11.6 Å². The number of fused-ring (bicyclic) bond motifs is 1. The lowest BCUT2D eigenvalue weighted by Crippen LogP contribution is -2.50. The van der Waals surface area contributed by atoms with Crippen molar-refractivity contribution >= 4 is 29.4 Å². The Morgan fingerprint density at radius 3 is 2.50 bits per heavy atom. The van der Waals surface area contributed by atoms with Gasteiger partial charge in [0, 0.05) is 0 Å². The van der Waals surface area contributed by atoms with E-state index < -0.39 is 72.0 Å². The van der Waals surface area contributed by atoms with Crippen LogP contribution in [0.4, 0.5) is 10.6 Å². The number of aliphatic hydroxyl groups excluding tert-OH is 1. The number of nitrogens with zero attached hydrogens (tertiary/aromatic N) is 4. The van der Waals surface area contributed by atoms with Crippen LogP contribution < -0.4 is 11.1 Å². The number of nitrogen functional groups attached to an aromatic ring is 1. The van der Waals surface area contributed by atoms with Crippen molar-refractivity contribution in [1.29, 1.82) is 5.26 Å². The number of ether oxygens (including phenoxy) is 4. The molecule has 1 fully saturated rings. The number of carbonyl (C=O) groups excluding carboxylic acids is 3. The number of carbonyl (C=O) groups is 3. The zero-order chi connectivity index (χ0) is 30.0. The zero-order valence-electron chi connectivity index (χ0n) is 23.6. The molecule has 0 unspecified atom stereocenters. The Hall–Kier alpha value is -3.96. The number of hydrogen-bond donors (Lipinski definition) is 3. The van der Waals surface area contributed by atoms with Crippen molar-refractivity contribution in [3.05, 3.63) is 24.2 Å². The van der Waals surface area contributed by atoms with Crippen molar-refractivity contribution in [2.24, 2.45) is 11.8 Å². The molecule has 5 atom stereocenters. The minimum absolute atomic E-state index is 0.0950. The number of hydrogen-bond acceptors (Lipinski definition) is 12. The zero-order valence-corrected chi connectivity index (χ0v) is 23.6. The van der Waals surface area contributed by atoms with E-state index in [1.165, 1.54) is 16.9 Å². The van der Waals surface area contributed by atoms with Gasteiger partial charge in [-0.2, -0.15) is 10.4 Å². The molecule has 0 bridgehead atoms. The molecule has 1 saturated heterocycles. The molecule has 40 heavy (non-hydrogen) atoms. The van der Waals surface area contributed by atoms with Crippen LogP contribution in [-0.4, -0.2) is 74.3 Å². The first kappa shape index (κ1) is 30.6. The fraction of sp³-hybridized carbons (Fsp3) is 0.615. The number of aromatic nitrogens is 3. The number of nitriles is 1. The van der Waals surface area contributed by atoms with Gasteiger partial charge in [0.15, 0.2) is 11.9 Å². The predicted octanol–water partition coefficient (Wildman–Crippen LogP) is 1.45. The van der Waals surface area contributed by atoms with Crippen molar-refractivity contribution in [1.82, 2.24) is 19.9 Å². The Bertz CT molecular complexity index is 1300. The van der Waals surface area contributed by atoms with Crippen LogP contribution in [0.3, 0.4) is 0 Å². The molecule has 3 rings (SSSR count). The summed E-state index contributed by atoms with van der Waals surface area (Å²) in [6.45, 7) is 11.2. The van der Waals surface area contributed by atoms with Crippen molar-refractivity contribution in [3.8, 4) is 6.07 Å². The Labute approximate surface area is 231 Å². The molecule has 14 nitrogen and oxygen atoms in total. The van der Waals surface area contributed by atoms with E-state index in [2.05, 4.69) is 15.4 Å². The summed E-state index contributed by atoms with van der Waals surface area (Å²) >= 11 is 0. The first-order valence-corrected chi connectivity index (χ1v) is 12.8. The van der Waals surface area contributed by atoms with Gasteiger partial charge in [-0.1, -0.05) is 27.7 Å². The molecule has 0 aromatic carbocycles. The number of rotatable bonds is 8. The second-order valence-electron chi connectivity index (χ2n) is 11.2. The van der Waals surface area contributed by atoms with Crippen LogP contribution in [0.5, 0.6) is 0 Å². The van der Waals surface area contributed by atoms with E-state index in [1.807, 2.05) is 6.07 Å². The molecule has 1 amide bonds. The molecule has 0 spiro atoms. The van der Waals surface area contributed by atoms with Crippen LogP contribution >= 0.6 is 0 Å². The van der Waals surface area contributed by atoms with Gasteiger partial charge in [-0.05, 0) is 38.8 Å². The van der Waals surface area contributed by atoms with E-state index in [0.29, 0.717) is 5.52 Å². The molecular weight excluding hydrogens is 524 g/mol. The van der Waals surface area contributed by atoms with Crippen LogP contribution in [-0.2, 0) is 34.1 Å². The van der Waals surface area contributed by atoms with Gasteiger partial charge in [-0.25, -0.2) is 19.1 Å². The second-order valence-corrected chi connectivity index (χ2v) is 11.2. The second kappa shape index (κ2) is 11.6. The third-order valence-corrected chi connectivity index (χ3v) is 6.17. The van der Waals surface area contributed by atoms with Gasteiger partial charge >= 0.3 is 18.0 Å². The van der Waals surface area contributed by atoms with Gasteiger partial charge in [-0.15, -0.1) is 0 Å². The molecule has 1 aliphatic heterocycles. The van der Waals surface area contributed by atoms with Crippen molar-refractivity contribution < 1.29 is 38.4 Å². The highest BCUT2D eigenvalue weighted by Gasteiger charge is 2.60. The van der Waals surface area contributed by atoms with E-state index in [1.54, 1.807) is 54.5 Å². The summed E-state index contributed by atoms with van der Waals surface area (Å²) in [7, 11) is 0. The lowest BCUT2D eigenvalue weighted by molar-refractivity contribution is -0.164. The summed E-state index contributed by atoms with van der Waals surface area (Å²) in [6, 6.07) is 3.84. The topological polar surface area (TPSA) is 200 Å². The lowest BCUT2D eigenvalue weighted by Gasteiger charge is -2.28. The maximum absolute atomic E-state index is 13.3. The predicted molar refractivity (Wildman–Crippen MR) is 139 cm³/mol. The molecule has 1 aliphatic rings. The monoisotopic (exact) mass is 560 g/mol. The van der Waals surface area contributed by atoms with Crippen LogP contribution in [0, 0.1) is 23.2 Å². The first-order chi connectivity index (χ1) is 18.6. The fourth-order valence-corrected chi connectivity index (χ4v) is 4.15. The molecule has 2 aromatic rings. The Morgan fingerprint density at radius 1 is 1.25 bits per heavy atom. The van der Waals surface area contributed by atoms with Crippen molar-refractivity contribution in [2.75, 3.05) is 12.3 Å². The van der Waals surface area contributed by atoms with Gasteiger partial charge in [-0.3, -0.25) is 4.79 Å². The first-order valence-electron chi connectivity index (χ1n) is 12.8. The number of amides is 1. The summed E-state index contributed by atoms with van der Waals surface area (Å²) in [5.74, 6) is -2.25. The third-order valence-electron chi connectivity index (χ3n) is 6.17. The van der Waals surface area contributed by atoms with Crippen molar-refractivity contribution in [2.45, 2.75) is 84.0 Å². The van der Waals surface area contributed by atoms with Gasteiger partial charge < -0.3 is 35.1 Å². The largest absolute Gasteiger partial charge is 0.463 e. The summed E-state index contributed by atoms with van der Waals surface area (Å²) in [6.07, 6.45) is -4.14. The van der Waals surface area contributed by atoms with Gasteiger partial charge in [0.2, 0.25) is 5.60 Å². The summed E-state index contributed by atoms with van der Waals surface area (Å²) in [5.41, 5.74) is 3.47. The Kier molecular flexibility index (Phi) is 8.90. The van der Waals surface area contributed by atoms with E-state index in [9.17, 15) is 24.8 Å². The fourth-order valence-electron chi connectivity index (χ4n) is 4.15. The summed E-state index contributed by atoms with van der Waals surface area (Å²) in [5, 5.41) is 28.4. The van der Waals surface area contributed by atoms with E-state index in [-0.39, 0.29) is 11.5 Å². The SMILES string of the molecule is CC(C)C(=O)OC[C@H]1O[C@@](C#N)(c2ccc3c(N)ncnn23)[C@H](O)[C@@H]1OC(=O)[C@@H](NC(=O)OC(C)(C)C)C(C)C. The van der Waals surface area contributed by atoms with Crippen LogP contribution in [0.15, 0.2) is 18.5 Å². The van der Waals surface area contributed by atoms with E-state index in [0.717, 1.165) is 0 Å². The molecule has 3 heterocycles. The van der Waals surface area contributed by atoms with Crippen LogP contribution in [0.25, 0.3) is 5.52 Å². The highest BCUT2D eigenvalue weighted by molar-refractivity contribution is 5.82. The maximum Gasteiger partial charge on any atom is 0.408 e. The minimum Gasteiger partial charge on any atom is -0.463 e. The van der Waals surface area contributed by atoms with Gasteiger partial charge in [0.25, 0.3) is 0 Å². The molecule has 0 saturated carbocycles. The van der Waals surface area contributed by atoms with E-state index in [4.69, 9.17) is 24.7 Å². The average Bonchev–Trinajstić information content (AvgIpc) is 3.40. The molecule has 2 aromatic heterocycles. The molecule has 0 radical (unpaired) electrons. The van der Waals surface area contributed by atoms with Crippen molar-refractivity contribution in [3.63, 3.8) is 0 Å². The number of nitrogens with two attached hydrogens (primary N) is 1. The number of anilines is 1. The van der Waals surface area contributed by atoms with Gasteiger partial charge in [0.1, 0.15) is 48.4 Å². The smallest absolute Gasteiger partial charge is 0.408 e. The molecular formula is C26H36N6O8. The standard InChI is InChI=1S/C26H36N6O8/c1-13(2)18(31-24(36)40-25(5,6)7)23(35)38-19-16(10-37-22(34)14(3)4)39-26(11-27,20(19)33)17-9-8-15-21(28)29-12-30-32(15)17/h8-9,12-14,16,18-20,33H,10H2,1-7H3,(H,31,36)(H2,28,29,30)/t16-,18+,19-,20-,26+/m1/s1. The number of nitrogens with one attached hydrogen (secondary N) is 1. The summed E-state index contributed by atoms with van der Waals surface area (Å²) < 4.78 is 23.6. The van der Waals surface area contributed by atoms with Crippen LogP contribution in [0.1, 0.15) is 54.2 Å². The Morgan fingerprint density at radius 2 is 1.93 bits per heavy atom. The van der Waals surface area contributed by atoms with E-state index >= 15 is 0 Å². The average molecular weight is 561 g/mol. The maximum atomic E-state index is 13.3. The van der Waals surface area contributed by atoms with Crippen LogP contribution in [0.2, 0.25) is 0 Å². The molecule has 4 N–H and O–H groups in total. The molecule has 14 heteroatoms. The highest BCUT2D eigenvalue weighted by Crippen LogP contribution is 2.42. The number of alkyl carbamates (subject to hydrolysis) is 1. The third kappa shape index (κ3) is 6.26. The number of esters is 2. The molecule has 0 aliphatic carbocycles. The Balaban J connectivity index is 1.96. The quantitative estimate of drug-likeness (QED) is 0.310. The minimum atomic E-state index is -2.10. The number of aliphatic hydroxyl groups is 1. The molecule has 218 valence electrons. The normalized spacial score (nSPS) is 23.6.